The van der Waals surface area contributed by atoms with Crippen LogP contribution in [0.4, 0.5) is 0 Å². The molecule has 0 aromatic carbocycles. The van der Waals surface area contributed by atoms with E-state index in [0.717, 1.165) is 6.61 Å². The Hall–Kier alpha value is -0.120. The molecule has 0 fully saturated rings. The van der Waals surface area contributed by atoms with Gasteiger partial charge in [0, 0.05) is 7.11 Å². The van der Waals surface area contributed by atoms with E-state index in [2.05, 4.69) is 20.8 Å². The highest BCUT2D eigenvalue weighted by molar-refractivity contribution is 4.58. The quantitative estimate of drug-likeness (QED) is 0.572. The second kappa shape index (κ2) is 7.30. The number of ether oxygens (including phenoxy) is 3. The van der Waals surface area contributed by atoms with Gasteiger partial charge < -0.3 is 14.2 Å². The average molecular weight is 190 g/mol. The first-order valence-electron chi connectivity index (χ1n) is 4.71. The Labute approximate surface area is 81.4 Å². The van der Waals surface area contributed by atoms with Crippen LogP contribution in [0.15, 0.2) is 0 Å². The summed E-state index contributed by atoms with van der Waals surface area (Å²) in [6, 6.07) is 0. The van der Waals surface area contributed by atoms with Crippen molar-refractivity contribution in [3.05, 3.63) is 0 Å². The van der Waals surface area contributed by atoms with Crippen molar-refractivity contribution >= 4 is 0 Å². The van der Waals surface area contributed by atoms with Crippen LogP contribution in [0.1, 0.15) is 20.8 Å². The van der Waals surface area contributed by atoms with Crippen LogP contribution in [0.5, 0.6) is 0 Å². The van der Waals surface area contributed by atoms with Crippen LogP contribution >= 0.6 is 0 Å². The van der Waals surface area contributed by atoms with E-state index >= 15 is 0 Å². The molecule has 0 aliphatic rings. The van der Waals surface area contributed by atoms with Crippen LogP contribution in [0, 0.1) is 5.41 Å². The summed E-state index contributed by atoms with van der Waals surface area (Å²) in [5.74, 6) is 0. The van der Waals surface area contributed by atoms with Crippen molar-refractivity contribution in [3.8, 4) is 0 Å². The number of rotatable bonds is 7. The lowest BCUT2D eigenvalue weighted by Gasteiger charge is -2.17. The summed E-state index contributed by atoms with van der Waals surface area (Å²) in [6.07, 6.45) is 0. The first-order valence-corrected chi connectivity index (χ1v) is 4.71. The predicted octanol–water partition coefficient (Wildman–Crippen LogP) is 1.71. The highest BCUT2D eigenvalue weighted by Crippen LogP contribution is 2.12. The summed E-state index contributed by atoms with van der Waals surface area (Å²) in [5, 5.41) is 0. The fraction of sp³-hybridized carbons (Fsp3) is 1.00. The minimum Gasteiger partial charge on any atom is -0.382 e. The molecular formula is C10H22O3. The van der Waals surface area contributed by atoms with Crippen molar-refractivity contribution in [1.82, 2.24) is 0 Å². The summed E-state index contributed by atoms with van der Waals surface area (Å²) in [5.41, 5.74) is 0.243. The van der Waals surface area contributed by atoms with Crippen LogP contribution in [0.25, 0.3) is 0 Å². The Balaban J connectivity index is 3.00. The van der Waals surface area contributed by atoms with E-state index in [0.29, 0.717) is 26.4 Å². The summed E-state index contributed by atoms with van der Waals surface area (Å²) < 4.78 is 15.5. The van der Waals surface area contributed by atoms with E-state index in [9.17, 15) is 0 Å². The maximum Gasteiger partial charge on any atom is 0.0701 e. The third-order valence-electron chi connectivity index (χ3n) is 1.34. The molecule has 13 heavy (non-hydrogen) atoms. The van der Waals surface area contributed by atoms with Crippen molar-refractivity contribution in [2.75, 3.05) is 40.1 Å². The van der Waals surface area contributed by atoms with Crippen molar-refractivity contribution < 1.29 is 14.2 Å². The molecule has 0 unspecified atom stereocenters. The molecule has 0 heterocycles. The molecule has 0 amide bonds. The van der Waals surface area contributed by atoms with Gasteiger partial charge in [-0.05, 0) is 5.41 Å². The van der Waals surface area contributed by atoms with Gasteiger partial charge >= 0.3 is 0 Å². The highest BCUT2D eigenvalue weighted by Gasteiger charge is 2.09. The molecule has 80 valence electrons. The molecule has 0 aromatic rings. The fourth-order valence-corrected chi connectivity index (χ4v) is 0.741. The third kappa shape index (κ3) is 11.9. The van der Waals surface area contributed by atoms with Gasteiger partial charge in [0.1, 0.15) is 0 Å². The van der Waals surface area contributed by atoms with Crippen LogP contribution in [-0.2, 0) is 14.2 Å². The van der Waals surface area contributed by atoms with Crippen LogP contribution in [-0.4, -0.2) is 40.1 Å². The van der Waals surface area contributed by atoms with Gasteiger partial charge in [0.2, 0.25) is 0 Å². The molecule has 0 bridgehead atoms. The summed E-state index contributed by atoms with van der Waals surface area (Å²) >= 11 is 0. The fourth-order valence-electron chi connectivity index (χ4n) is 0.741. The standard InChI is InChI=1S/C10H22O3/c1-10(2,3)9-13-8-7-12-6-5-11-4/h5-9H2,1-4H3. The van der Waals surface area contributed by atoms with Gasteiger partial charge in [0.25, 0.3) is 0 Å². The summed E-state index contributed by atoms with van der Waals surface area (Å²) in [4.78, 5) is 0. The lowest BCUT2D eigenvalue weighted by molar-refractivity contribution is 0.00574. The van der Waals surface area contributed by atoms with Gasteiger partial charge in [-0.2, -0.15) is 0 Å². The average Bonchev–Trinajstić information content (AvgIpc) is 2.01. The van der Waals surface area contributed by atoms with Gasteiger partial charge in [-0.3, -0.25) is 0 Å². The molecule has 0 aliphatic heterocycles. The van der Waals surface area contributed by atoms with Crippen molar-refractivity contribution in [1.29, 1.82) is 0 Å². The van der Waals surface area contributed by atoms with E-state index in [-0.39, 0.29) is 5.41 Å². The number of hydrogen-bond acceptors (Lipinski definition) is 3. The minimum absolute atomic E-state index is 0.243. The zero-order chi connectivity index (χ0) is 10.2. The molecule has 0 spiro atoms. The maximum atomic E-state index is 5.41. The first kappa shape index (κ1) is 12.9. The van der Waals surface area contributed by atoms with Gasteiger partial charge in [-0.25, -0.2) is 0 Å². The van der Waals surface area contributed by atoms with Gasteiger partial charge in [0.15, 0.2) is 0 Å². The molecule has 3 nitrogen and oxygen atoms in total. The molecule has 0 atom stereocenters. The maximum absolute atomic E-state index is 5.41. The van der Waals surface area contributed by atoms with Crippen molar-refractivity contribution in [3.63, 3.8) is 0 Å². The predicted molar refractivity (Wildman–Crippen MR) is 53.0 cm³/mol. The van der Waals surface area contributed by atoms with Crippen molar-refractivity contribution in [2.45, 2.75) is 20.8 Å². The van der Waals surface area contributed by atoms with E-state index in [1.165, 1.54) is 0 Å². The van der Waals surface area contributed by atoms with Gasteiger partial charge in [-0.15, -0.1) is 0 Å². The molecule has 0 N–H and O–H groups in total. The number of methoxy groups -OCH3 is 1. The second-order valence-corrected chi connectivity index (χ2v) is 4.22. The molecule has 0 radical (unpaired) electrons. The Bertz CT molecular complexity index is 107. The molecule has 0 saturated carbocycles. The van der Waals surface area contributed by atoms with E-state index in [1.807, 2.05) is 0 Å². The molecule has 0 aromatic heterocycles. The molecule has 0 rings (SSSR count). The van der Waals surface area contributed by atoms with E-state index in [1.54, 1.807) is 7.11 Å². The Morgan fingerprint density at radius 1 is 0.846 bits per heavy atom. The smallest absolute Gasteiger partial charge is 0.0701 e. The Morgan fingerprint density at radius 3 is 1.92 bits per heavy atom. The van der Waals surface area contributed by atoms with Crippen molar-refractivity contribution in [2.24, 2.45) is 5.41 Å². The van der Waals surface area contributed by atoms with Gasteiger partial charge in [-0.1, -0.05) is 20.8 Å². The third-order valence-corrected chi connectivity index (χ3v) is 1.34. The SMILES string of the molecule is COCCOCCOCC(C)(C)C. The lowest BCUT2D eigenvalue weighted by Crippen LogP contribution is -2.17. The zero-order valence-electron chi connectivity index (χ0n) is 9.26. The van der Waals surface area contributed by atoms with Crippen LogP contribution in [0.2, 0.25) is 0 Å². The highest BCUT2D eigenvalue weighted by atomic mass is 16.5. The zero-order valence-corrected chi connectivity index (χ0v) is 9.26. The first-order chi connectivity index (χ1) is 6.06. The van der Waals surface area contributed by atoms with Gasteiger partial charge in [0.05, 0.1) is 33.0 Å². The largest absolute Gasteiger partial charge is 0.382 e. The summed E-state index contributed by atoms with van der Waals surface area (Å²) in [7, 11) is 1.67. The Morgan fingerprint density at radius 2 is 1.38 bits per heavy atom. The molecule has 0 saturated heterocycles. The minimum atomic E-state index is 0.243. The topological polar surface area (TPSA) is 27.7 Å². The normalized spacial score (nSPS) is 12.0. The monoisotopic (exact) mass is 190 g/mol. The molecule has 3 heteroatoms. The molecular weight excluding hydrogens is 168 g/mol. The molecule has 0 aliphatic carbocycles. The second-order valence-electron chi connectivity index (χ2n) is 4.22. The van der Waals surface area contributed by atoms with Crippen LogP contribution < -0.4 is 0 Å². The number of hydrogen-bond donors (Lipinski definition) is 0. The van der Waals surface area contributed by atoms with Crippen LogP contribution in [0.3, 0.4) is 0 Å². The lowest BCUT2D eigenvalue weighted by atomic mass is 9.99. The Kier molecular flexibility index (Phi) is 7.23. The van der Waals surface area contributed by atoms with E-state index < -0.39 is 0 Å². The van der Waals surface area contributed by atoms with E-state index in [4.69, 9.17) is 14.2 Å². The summed E-state index contributed by atoms with van der Waals surface area (Å²) in [6.45, 7) is 9.85.